The van der Waals surface area contributed by atoms with E-state index < -0.39 is 5.91 Å². The van der Waals surface area contributed by atoms with Crippen LogP contribution in [0.4, 0.5) is 0 Å². The molecule has 1 aromatic heterocycles. The van der Waals surface area contributed by atoms with Gasteiger partial charge in [-0.15, -0.1) is 10.2 Å². The minimum atomic E-state index is -0.421. The largest absolute Gasteiger partial charge is 0.305 e. The minimum Gasteiger partial charge on any atom is -0.273 e. The molecule has 1 N–H and O–H groups in total. The average molecular weight is 236 g/mol. The first-order chi connectivity index (χ1) is 6.59. The summed E-state index contributed by atoms with van der Waals surface area (Å²) in [6, 6.07) is 0. The van der Waals surface area contributed by atoms with Gasteiger partial charge in [-0.25, -0.2) is 5.48 Å². The lowest BCUT2D eigenvalue weighted by atomic mass is 10.2. The average Bonchev–Trinajstić information content (AvgIpc) is 2.51. The first kappa shape index (κ1) is 11.4. The quantitative estimate of drug-likeness (QED) is 0.804. The van der Waals surface area contributed by atoms with Crippen LogP contribution in [0.2, 0.25) is 4.47 Å². The molecule has 0 atom stereocenters. The second-order valence-electron chi connectivity index (χ2n) is 3.00. The number of carbonyl (C=O) groups excluding carboxylic acids is 1. The summed E-state index contributed by atoms with van der Waals surface area (Å²) in [7, 11) is 0. The molecule has 0 aromatic carbocycles. The molecule has 1 heterocycles. The smallest absolute Gasteiger partial charge is 0.273 e. The number of nitrogens with one attached hydrogen (secondary N) is 1. The van der Waals surface area contributed by atoms with Crippen LogP contribution in [-0.4, -0.2) is 22.7 Å². The van der Waals surface area contributed by atoms with Crippen molar-refractivity contribution in [3.8, 4) is 0 Å². The SMILES string of the molecule is CC(C)CONC(=O)c1nnc(Cl)s1. The maximum absolute atomic E-state index is 11.3. The molecule has 0 saturated heterocycles. The van der Waals surface area contributed by atoms with E-state index in [1.807, 2.05) is 13.8 Å². The molecule has 7 heteroatoms. The molecule has 0 radical (unpaired) electrons. The van der Waals surface area contributed by atoms with Gasteiger partial charge in [-0.2, -0.15) is 0 Å². The minimum absolute atomic E-state index is 0.193. The third-order valence-electron chi connectivity index (χ3n) is 1.18. The molecule has 1 rings (SSSR count). The van der Waals surface area contributed by atoms with Crippen molar-refractivity contribution in [2.75, 3.05) is 6.61 Å². The molecule has 0 fully saturated rings. The van der Waals surface area contributed by atoms with Gasteiger partial charge in [0.2, 0.25) is 9.47 Å². The third kappa shape index (κ3) is 3.57. The molecule has 5 nitrogen and oxygen atoms in total. The van der Waals surface area contributed by atoms with E-state index in [-0.39, 0.29) is 9.47 Å². The zero-order valence-electron chi connectivity index (χ0n) is 7.78. The summed E-state index contributed by atoms with van der Waals surface area (Å²) in [5.74, 6) is -0.0663. The van der Waals surface area contributed by atoms with Crippen LogP contribution in [0.25, 0.3) is 0 Å². The van der Waals surface area contributed by atoms with Gasteiger partial charge in [0.1, 0.15) is 0 Å². The van der Waals surface area contributed by atoms with Crippen molar-refractivity contribution in [2.24, 2.45) is 5.92 Å². The molecule has 0 bridgehead atoms. The highest BCUT2D eigenvalue weighted by molar-refractivity contribution is 7.17. The van der Waals surface area contributed by atoms with Gasteiger partial charge in [-0.05, 0) is 17.5 Å². The van der Waals surface area contributed by atoms with Crippen molar-refractivity contribution in [3.05, 3.63) is 9.47 Å². The molecule has 0 aliphatic carbocycles. The fourth-order valence-electron chi connectivity index (χ4n) is 0.615. The molecular weight excluding hydrogens is 226 g/mol. The summed E-state index contributed by atoms with van der Waals surface area (Å²) in [5, 5.41) is 7.25. The van der Waals surface area contributed by atoms with Gasteiger partial charge in [0, 0.05) is 0 Å². The topological polar surface area (TPSA) is 64.1 Å². The van der Waals surface area contributed by atoms with E-state index in [9.17, 15) is 4.79 Å². The summed E-state index contributed by atoms with van der Waals surface area (Å²) >= 11 is 6.52. The number of nitrogens with zero attached hydrogens (tertiary/aromatic N) is 2. The lowest BCUT2D eigenvalue weighted by molar-refractivity contribution is 0.0208. The van der Waals surface area contributed by atoms with E-state index in [0.29, 0.717) is 12.5 Å². The van der Waals surface area contributed by atoms with Gasteiger partial charge in [0.25, 0.3) is 0 Å². The van der Waals surface area contributed by atoms with Crippen LogP contribution in [0.5, 0.6) is 0 Å². The van der Waals surface area contributed by atoms with Crippen LogP contribution in [-0.2, 0) is 4.84 Å². The molecule has 0 aliphatic rings. The second kappa shape index (κ2) is 5.23. The van der Waals surface area contributed by atoms with Crippen molar-refractivity contribution in [1.29, 1.82) is 0 Å². The maximum atomic E-state index is 11.3. The normalized spacial score (nSPS) is 10.6. The summed E-state index contributed by atoms with van der Waals surface area (Å²) in [6.07, 6.45) is 0. The van der Waals surface area contributed by atoms with Gasteiger partial charge in [0.15, 0.2) is 0 Å². The summed E-state index contributed by atoms with van der Waals surface area (Å²) in [6.45, 7) is 4.42. The van der Waals surface area contributed by atoms with Crippen molar-refractivity contribution < 1.29 is 9.63 Å². The summed E-state index contributed by atoms with van der Waals surface area (Å²) in [4.78, 5) is 16.2. The van der Waals surface area contributed by atoms with Crippen LogP contribution in [0.15, 0.2) is 0 Å². The van der Waals surface area contributed by atoms with Crippen molar-refractivity contribution in [3.63, 3.8) is 0 Å². The fourth-order valence-corrected chi connectivity index (χ4v) is 1.33. The van der Waals surface area contributed by atoms with Crippen molar-refractivity contribution in [1.82, 2.24) is 15.7 Å². The Bertz CT molecular complexity index is 316. The van der Waals surface area contributed by atoms with Crippen LogP contribution in [0.3, 0.4) is 0 Å². The van der Waals surface area contributed by atoms with E-state index in [0.717, 1.165) is 11.3 Å². The predicted octanol–water partition coefficient (Wildman–Crippen LogP) is 1.51. The Morgan fingerprint density at radius 1 is 1.64 bits per heavy atom. The van der Waals surface area contributed by atoms with E-state index in [1.165, 1.54) is 0 Å². The Morgan fingerprint density at radius 2 is 2.36 bits per heavy atom. The number of aromatic nitrogens is 2. The molecule has 0 saturated carbocycles. The number of hydrogen-bond acceptors (Lipinski definition) is 5. The number of carbonyl (C=O) groups is 1. The summed E-state index contributed by atoms with van der Waals surface area (Å²) in [5.41, 5.74) is 2.25. The van der Waals surface area contributed by atoms with Crippen LogP contribution in [0.1, 0.15) is 23.6 Å². The Balaban J connectivity index is 2.36. The van der Waals surface area contributed by atoms with Gasteiger partial charge in [-0.3, -0.25) is 9.63 Å². The van der Waals surface area contributed by atoms with Gasteiger partial charge < -0.3 is 0 Å². The fraction of sp³-hybridized carbons (Fsp3) is 0.571. The highest BCUT2D eigenvalue weighted by atomic mass is 35.5. The predicted molar refractivity (Wildman–Crippen MR) is 53.2 cm³/mol. The molecule has 14 heavy (non-hydrogen) atoms. The lowest BCUT2D eigenvalue weighted by Gasteiger charge is -2.05. The highest BCUT2D eigenvalue weighted by Gasteiger charge is 2.11. The number of rotatable bonds is 4. The maximum Gasteiger partial charge on any atom is 0.305 e. The third-order valence-corrected chi connectivity index (χ3v) is 2.19. The molecule has 0 spiro atoms. The highest BCUT2D eigenvalue weighted by Crippen LogP contribution is 2.14. The number of hydrogen-bond donors (Lipinski definition) is 1. The van der Waals surface area contributed by atoms with E-state index in [1.54, 1.807) is 0 Å². The Labute approximate surface area is 90.4 Å². The monoisotopic (exact) mass is 235 g/mol. The first-order valence-corrected chi connectivity index (χ1v) is 5.20. The molecule has 1 aromatic rings. The zero-order valence-corrected chi connectivity index (χ0v) is 9.35. The Hall–Kier alpha value is -0.720. The van der Waals surface area contributed by atoms with Crippen LogP contribution < -0.4 is 5.48 Å². The second-order valence-corrected chi connectivity index (χ2v) is 4.56. The van der Waals surface area contributed by atoms with E-state index in [4.69, 9.17) is 16.4 Å². The molecular formula is C7H10ClN3O2S. The van der Waals surface area contributed by atoms with Crippen molar-refractivity contribution in [2.45, 2.75) is 13.8 Å². The van der Waals surface area contributed by atoms with E-state index >= 15 is 0 Å². The van der Waals surface area contributed by atoms with Crippen molar-refractivity contribution >= 4 is 28.8 Å². The van der Waals surface area contributed by atoms with Crippen LogP contribution in [0, 0.1) is 5.92 Å². The van der Waals surface area contributed by atoms with Gasteiger partial charge >= 0.3 is 5.91 Å². The summed E-state index contributed by atoms with van der Waals surface area (Å²) < 4.78 is 0.235. The number of amides is 1. The lowest BCUT2D eigenvalue weighted by Crippen LogP contribution is -2.25. The molecule has 0 unspecified atom stereocenters. The number of hydroxylamine groups is 1. The van der Waals surface area contributed by atoms with Gasteiger partial charge in [-0.1, -0.05) is 25.2 Å². The Morgan fingerprint density at radius 3 is 2.86 bits per heavy atom. The Kier molecular flexibility index (Phi) is 4.24. The molecule has 1 amide bonds. The molecule has 0 aliphatic heterocycles. The van der Waals surface area contributed by atoms with E-state index in [2.05, 4.69) is 15.7 Å². The first-order valence-electron chi connectivity index (χ1n) is 4.00. The van der Waals surface area contributed by atoms with Gasteiger partial charge in [0.05, 0.1) is 6.61 Å². The molecule has 78 valence electrons. The standard InChI is InChI=1S/C7H10ClN3O2S/c1-4(2)3-13-11-5(12)6-9-10-7(8)14-6/h4H,3H2,1-2H3,(H,11,12). The number of halogens is 1. The van der Waals surface area contributed by atoms with Crippen LogP contribution >= 0.6 is 22.9 Å². The zero-order chi connectivity index (χ0) is 10.6.